The number of hydrogen-bond donors (Lipinski definition) is 0. The first kappa shape index (κ1) is 22.8. The minimum Gasteiger partial charge on any atom is -0.457 e. The predicted octanol–water partition coefficient (Wildman–Crippen LogP) is 7.09. The number of amides is 2. The quantitative estimate of drug-likeness (QED) is 0.202. The van der Waals surface area contributed by atoms with Crippen LogP contribution in [0.1, 0.15) is 31.1 Å². The summed E-state index contributed by atoms with van der Waals surface area (Å²) in [6.07, 6.45) is 4.64. The van der Waals surface area contributed by atoms with E-state index in [0.29, 0.717) is 22.8 Å². The number of benzene rings is 2. The standard InChI is InChI=1S/C24H19ClN2O5S/c1-2-3-4-15-5-7-16(8-6-15)26-23(28)22(33-24(26)29)14-18-10-12-21(32-18)19-11-9-17(27(30)31)13-20(19)25/h5-14H,2-4H2,1H3/b22-14+. The van der Waals surface area contributed by atoms with E-state index < -0.39 is 10.8 Å². The Labute approximate surface area is 199 Å². The van der Waals surface area contributed by atoms with Gasteiger partial charge in [-0.1, -0.05) is 37.1 Å². The molecule has 0 spiro atoms. The number of non-ortho nitro benzene ring substituents is 1. The summed E-state index contributed by atoms with van der Waals surface area (Å²) in [5.74, 6) is 0.334. The highest BCUT2D eigenvalue weighted by Gasteiger charge is 2.36. The van der Waals surface area contributed by atoms with Crippen molar-refractivity contribution in [3.8, 4) is 11.3 Å². The molecule has 2 amide bonds. The summed E-state index contributed by atoms with van der Waals surface area (Å²) < 4.78 is 5.76. The number of rotatable bonds is 7. The Morgan fingerprint density at radius 3 is 2.55 bits per heavy atom. The lowest BCUT2D eigenvalue weighted by molar-refractivity contribution is -0.384. The summed E-state index contributed by atoms with van der Waals surface area (Å²) in [7, 11) is 0. The maximum atomic E-state index is 12.9. The number of carbonyl (C=O) groups is 2. The van der Waals surface area contributed by atoms with Gasteiger partial charge < -0.3 is 4.42 Å². The fraction of sp³-hybridized carbons (Fsp3) is 0.167. The zero-order valence-corrected chi connectivity index (χ0v) is 19.2. The number of aryl methyl sites for hydroxylation is 1. The van der Waals surface area contributed by atoms with Crippen LogP contribution in [0.4, 0.5) is 16.2 Å². The van der Waals surface area contributed by atoms with Gasteiger partial charge in [-0.3, -0.25) is 19.7 Å². The molecule has 0 saturated carbocycles. The van der Waals surface area contributed by atoms with Gasteiger partial charge >= 0.3 is 0 Å². The molecular formula is C24H19ClN2O5S. The van der Waals surface area contributed by atoms with E-state index in [1.807, 2.05) is 12.1 Å². The lowest BCUT2D eigenvalue weighted by atomic mass is 10.1. The van der Waals surface area contributed by atoms with Gasteiger partial charge in [0.05, 0.1) is 20.5 Å². The van der Waals surface area contributed by atoms with E-state index in [2.05, 4.69) is 6.92 Å². The molecule has 9 heteroatoms. The number of nitro benzene ring substituents is 1. The largest absolute Gasteiger partial charge is 0.457 e. The maximum Gasteiger partial charge on any atom is 0.298 e. The van der Waals surface area contributed by atoms with Gasteiger partial charge in [-0.05, 0) is 60.5 Å². The van der Waals surface area contributed by atoms with Crippen molar-refractivity contribution >= 4 is 52.0 Å². The van der Waals surface area contributed by atoms with Crippen LogP contribution in [0, 0.1) is 10.1 Å². The third-order valence-corrected chi connectivity index (χ3v) is 6.32. The molecule has 33 heavy (non-hydrogen) atoms. The zero-order valence-electron chi connectivity index (χ0n) is 17.6. The van der Waals surface area contributed by atoms with Crippen molar-refractivity contribution in [1.82, 2.24) is 0 Å². The molecule has 1 aliphatic heterocycles. The topological polar surface area (TPSA) is 93.7 Å². The third-order valence-electron chi connectivity index (χ3n) is 5.14. The molecule has 2 heterocycles. The van der Waals surface area contributed by atoms with Crippen molar-refractivity contribution in [2.75, 3.05) is 4.90 Å². The van der Waals surface area contributed by atoms with Crippen LogP contribution in [0.5, 0.6) is 0 Å². The Bertz CT molecular complexity index is 1270. The Kier molecular flexibility index (Phi) is 6.67. The minimum absolute atomic E-state index is 0.123. The van der Waals surface area contributed by atoms with Crippen molar-refractivity contribution < 1.29 is 18.9 Å². The average molecular weight is 483 g/mol. The molecular weight excluding hydrogens is 464 g/mol. The molecule has 1 saturated heterocycles. The maximum absolute atomic E-state index is 12.9. The highest BCUT2D eigenvalue weighted by Crippen LogP contribution is 2.37. The highest BCUT2D eigenvalue weighted by atomic mass is 35.5. The van der Waals surface area contributed by atoms with Crippen LogP contribution in [0.2, 0.25) is 5.02 Å². The van der Waals surface area contributed by atoms with Crippen LogP contribution >= 0.6 is 23.4 Å². The number of nitro groups is 1. The van der Waals surface area contributed by atoms with Crippen molar-refractivity contribution in [2.24, 2.45) is 0 Å². The van der Waals surface area contributed by atoms with E-state index >= 15 is 0 Å². The van der Waals surface area contributed by atoms with Crippen LogP contribution in [0.25, 0.3) is 17.4 Å². The van der Waals surface area contributed by atoms with Crippen LogP contribution < -0.4 is 4.90 Å². The second-order valence-corrected chi connectivity index (χ2v) is 8.81. The zero-order chi connectivity index (χ0) is 23.5. The average Bonchev–Trinajstić information content (AvgIpc) is 3.36. The van der Waals surface area contributed by atoms with Crippen molar-refractivity contribution in [3.05, 3.63) is 86.0 Å². The van der Waals surface area contributed by atoms with Crippen molar-refractivity contribution in [2.45, 2.75) is 26.2 Å². The van der Waals surface area contributed by atoms with E-state index in [4.69, 9.17) is 16.0 Å². The van der Waals surface area contributed by atoms with Gasteiger partial charge in [0.2, 0.25) is 0 Å². The summed E-state index contributed by atoms with van der Waals surface area (Å²) >= 11 is 7.01. The number of imide groups is 1. The fourth-order valence-corrected chi connectivity index (χ4v) is 4.49. The first-order valence-electron chi connectivity index (χ1n) is 10.3. The molecule has 0 unspecified atom stereocenters. The lowest BCUT2D eigenvalue weighted by Crippen LogP contribution is -2.27. The number of furan rings is 1. The van der Waals surface area contributed by atoms with Gasteiger partial charge in [-0.2, -0.15) is 0 Å². The first-order valence-corrected chi connectivity index (χ1v) is 11.5. The molecule has 3 aromatic rings. The molecule has 2 aromatic carbocycles. The molecule has 4 rings (SSSR count). The molecule has 168 valence electrons. The smallest absolute Gasteiger partial charge is 0.298 e. The van der Waals surface area contributed by atoms with Gasteiger partial charge in [0.1, 0.15) is 11.5 Å². The molecule has 0 atom stereocenters. The third kappa shape index (κ3) is 4.86. The van der Waals surface area contributed by atoms with Crippen LogP contribution in [0.15, 0.2) is 63.9 Å². The molecule has 7 nitrogen and oxygen atoms in total. The Hall–Kier alpha value is -3.36. The van der Waals surface area contributed by atoms with Crippen LogP contribution in [-0.4, -0.2) is 16.1 Å². The van der Waals surface area contributed by atoms with Gasteiger partial charge in [0.25, 0.3) is 16.8 Å². The molecule has 0 aliphatic carbocycles. The van der Waals surface area contributed by atoms with E-state index in [9.17, 15) is 19.7 Å². The fourth-order valence-electron chi connectivity index (χ4n) is 3.40. The Morgan fingerprint density at radius 2 is 1.88 bits per heavy atom. The summed E-state index contributed by atoms with van der Waals surface area (Å²) in [4.78, 5) is 37.2. The second-order valence-electron chi connectivity index (χ2n) is 7.41. The van der Waals surface area contributed by atoms with Crippen LogP contribution in [-0.2, 0) is 11.2 Å². The second kappa shape index (κ2) is 9.64. The first-order chi connectivity index (χ1) is 15.9. The summed E-state index contributed by atoms with van der Waals surface area (Å²) in [6, 6.07) is 14.8. The minimum atomic E-state index is -0.530. The van der Waals surface area contributed by atoms with Gasteiger partial charge in [-0.15, -0.1) is 0 Å². The summed E-state index contributed by atoms with van der Waals surface area (Å²) in [5.41, 5.74) is 2.05. The van der Waals surface area contributed by atoms with E-state index in [1.165, 1.54) is 24.3 Å². The lowest BCUT2D eigenvalue weighted by Gasteiger charge is -2.13. The molecule has 0 N–H and O–H groups in total. The van der Waals surface area contributed by atoms with Gasteiger partial charge in [0.15, 0.2) is 0 Å². The molecule has 0 bridgehead atoms. The predicted molar refractivity (Wildman–Crippen MR) is 129 cm³/mol. The normalized spacial score (nSPS) is 15.0. The molecule has 1 fully saturated rings. The summed E-state index contributed by atoms with van der Waals surface area (Å²) in [6.45, 7) is 2.13. The molecule has 1 aromatic heterocycles. The van der Waals surface area contributed by atoms with Crippen LogP contribution in [0.3, 0.4) is 0 Å². The number of unbranched alkanes of at least 4 members (excludes halogenated alkanes) is 1. The number of halogens is 1. The van der Waals surface area contributed by atoms with Crippen molar-refractivity contribution in [3.63, 3.8) is 0 Å². The molecule has 1 aliphatic rings. The number of nitrogens with zero attached hydrogens (tertiary/aromatic N) is 2. The van der Waals surface area contributed by atoms with Crippen molar-refractivity contribution in [1.29, 1.82) is 0 Å². The molecule has 0 radical (unpaired) electrons. The summed E-state index contributed by atoms with van der Waals surface area (Å²) in [5, 5.41) is 10.7. The Morgan fingerprint density at radius 1 is 1.12 bits per heavy atom. The number of anilines is 1. The SMILES string of the molecule is CCCCc1ccc(N2C(=O)S/C(=C/c3ccc(-c4ccc([N+](=O)[O-])cc4Cl)o3)C2=O)cc1. The number of thioether (sulfide) groups is 1. The highest BCUT2D eigenvalue weighted by molar-refractivity contribution is 8.19. The number of carbonyl (C=O) groups excluding carboxylic acids is 2. The van der Waals surface area contributed by atoms with E-state index in [0.717, 1.165) is 41.5 Å². The van der Waals surface area contributed by atoms with E-state index in [-0.39, 0.29) is 20.9 Å². The van der Waals surface area contributed by atoms with Gasteiger partial charge in [-0.25, -0.2) is 4.90 Å². The number of hydrogen-bond acceptors (Lipinski definition) is 6. The monoisotopic (exact) mass is 482 g/mol. The van der Waals surface area contributed by atoms with Gasteiger partial charge in [0, 0.05) is 23.8 Å². The Balaban J connectivity index is 1.54. The van der Waals surface area contributed by atoms with E-state index in [1.54, 1.807) is 24.3 Å².